The van der Waals surface area contributed by atoms with Crippen molar-refractivity contribution < 1.29 is 4.79 Å². The Balaban J connectivity index is 3.53. The van der Waals surface area contributed by atoms with Crippen LogP contribution in [-0.4, -0.2) is 13.9 Å². The van der Waals surface area contributed by atoms with Crippen molar-refractivity contribution in [2.45, 2.75) is 39.0 Å². The number of ketones is 1. The van der Waals surface area contributed by atoms with Gasteiger partial charge in [0.15, 0.2) is 0 Å². The summed E-state index contributed by atoms with van der Waals surface area (Å²) >= 11 is 0. The number of hydrogen-bond donors (Lipinski definition) is 0. The zero-order chi connectivity index (χ0) is 8.91. The predicted octanol–water partition coefficient (Wildman–Crippen LogP) is 2.86. The van der Waals surface area contributed by atoms with Crippen molar-refractivity contribution in [1.82, 2.24) is 0 Å². The molecule has 0 aliphatic heterocycles. The smallest absolute Gasteiger partial charge is 0.133 e. The standard InChI is InChI=1S/C9H18OSi/c1-9(10)7-5-6-8-11(2,3)4/h5-6H,7-8H2,1-4H3/b6-5+. The van der Waals surface area contributed by atoms with Crippen LogP contribution in [0.15, 0.2) is 12.2 Å². The van der Waals surface area contributed by atoms with Gasteiger partial charge in [0, 0.05) is 14.5 Å². The largest absolute Gasteiger partial charge is 0.300 e. The van der Waals surface area contributed by atoms with Crippen LogP contribution < -0.4 is 0 Å². The van der Waals surface area contributed by atoms with Gasteiger partial charge in [-0.2, -0.15) is 0 Å². The minimum absolute atomic E-state index is 0.247. The summed E-state index contributed by atoms with van der Waals surface area (Å²) in [4.78, 5) is 10.5. The van der Waals surface area contributed by atoms with E-state index < -0.39 is 8.07 Å². The molecule has 0 fully saturated rings. The van der Waals surface area contributed by atoms with Gasteiger partial charge < -0.3 is 0 Å². The number of hydrogen-bond acceptors (Lipinski definition) is 1. The highest BCUT2D eigenvalue weighted by Gasteiger charge is 2.08. The second kappa shape index (κ2) is 4.49. The number of allylic oxidation sites excluding steroid dienone is 2. The van der Waals surface area contributed by atoms with Crippen LogP contribution in [0.5, 0.6) is 0 Å². The number of Topliss-reactive ketones (excluding diaryl/α,β-unsaturated/α-hetero) is 1. The fraction of sp³-hybridized carbons (Fsp3) is 0.667. The van der Waals surface area contributed by atoms with E-state index in [4.69, 9.17) is 0 Å². The SMILES string of the molecule is CC(=O)C/C=C/C[Si](C)(C)C. The van der Waals surface area contributed by atoms with Crippen molar-refractivity contribution in [2.24, 2.45) is 0 Å². The molecule has 0 aromatic carbocycles. The molecule has 0 rings (SSSR count). The van der Waals surface area contributed by atoms with Crippen LogP contribution in [0.1, 0.15) is 13.3 Å². The maximum Gasteiger partial charge on any atom is 0.133 e. The number of carbonyl (C=O) groups excluding carboxylic acids is 1. The van der Waals surface area contributed by atoms with E-state index in [1.54, 1.807) is 6.92 Å². The lowest BCUT2D eigenvalue weighted by atomic mass is 10.3. The zero-order valence-electron chi connectivity index (χ0n) is 7.98. The van der Waals surface area contributed by atoms with Crippen LogP contribution in [0.25, 0.3) is 0 Å². The molecule has 0 aliphatic rings. The van der Waals surface area contributed by atoms with E-state index in [0.717, 1.165) is 0 Å². The lowest BCUT2D eigenvalue weighted by Crippen LogP contribution is -2.17. The van der Waals surface area contributed by atoms with Crippen LogP contribution in [0.3, 0.4) is 0 Å². The second-order valence-electron chi connectivity index (χ2n) is 4.14. The Morgan fingerprint density at radius 1 is 1.27 bits per heavy atom. The first-order chi connectivity index (χ1) is 4.92. The van der Waals surface area contributed by atoms with Gasteiger partial charge in [0.2, 0.25) is 0 Å². The van der Waals surface area contributed by atoms with Crippen molar-refractivity contribution in [3.63, 3.8) is 0 Å². The van der Waals surface area contributed by atoms with Crippen LogP contribution >= 0.6 is 0 Å². The second-order valence-corrected chi connectivity index (χ2v) is 9.67. The molecule has 11 heavy (non-hydrogen) atoms. The summed E-state index contributed by atoms with van der Waals surface area (Å²) in [5, 5.41) is 0. The maximum atomic E-state index is 10.5. The van der Waals surface area contributed by atoms with Crippen LogP contribution in [-0.2, 0) is 4.79 Å². The number of carbonyl (C=O) groups is 1. The molecule has 64 valence electrons. The molecule has 0 unspecified atom stereocenters. The van der Waals surface area contributed by atoms with Gasteiger partial charge >= 0.3 is 0 Å². The molecule has 0 N–H and O–H groups in total. The van der Waals surface area contributed by atoms with Gasteiger partial charge in [0.25, 0.3) is 0 Å². The minimum Gasteiger partial charge on any atom is -0.300 e. The predicted molar refractivity (Wildman–Crippen MR) is 52.6 cm³/mol. The number of rotatable bonds is 4. The lowest BCUT2D eigenvalue weighted by molar-refractivity contribution is -0.116. The summed E-state index contributed by atoms with van der Waals surface area (Å²) in [5.74, 6) is 0.247. The van der Waals surface area contributed by atoms with E-state index in [2.05, 4.69) is 25.7 Å². The van der Waals surface area contributed by atoms with Gasteiger partial charge in [-0.15, -0.1) is 0 Å². The average molecular weight is 170 g/mol. The molecule has 0 radical (unpaired) electrons. The van der Waals surface area contributed by atoms with Crippen molar-refractivity contribution >= 4 is 13.9 Å². The van der Waals surface area contributed by atoms with E-state index in [1.165, 1.54) is 6.04 Å². The van der Waals surface area contributed by atoms with E-state index in [-0.39, 0.29) is 5.78 Å². The Hall–Kier alpha value is -0.373. The molecule has 0 saturated heterocycles. The normalized spacial score (nSPS) is 12.4. The maximum absolute atomic E-state index is 10.5. The molecule has 0 amide bonds. The summed E-state index contributed by atoms with van der Waals surface area (Å²) in [5.41, 5.74) is 0. The molecule has 0 aromatic heterocycles. The van der Waals surface area contributed by atoms with Crippen molar-refractivity contribution in [3.8, 4) is 0 Å². The first-order valence-electron chi connectivity index (χ1n) is 4.06. The Kier molecular flexibility index (Phi) is 4.34. The van der Waals surface area contributed by atoms with Crippen molar-refractivity contribution in [3.05, 3.63) is 12.2 Å². The molecular weight excluding hydrogens is 152 g/mol. The van der Waals surface area contributed by atoms with E-state index in [9.17, 15) is 4.79 Å². The molecule has 1 nitrogen and oxygen atoms in total. The first-order valence-corrected chi connectivity index (χ1v) is 7.77. The average Bonchev–Trinajstić information content (AvgIpc) is 1.78. The molecule has 0 heterocycles. The molecule has 0 saturated carbocycles. The summed E-state index contributed by atoms with van der Waals surface area (Å²) in [7, 11) is -0.927. The monoisotopic (exact) mass is 170 g/mol. The molecule has 0 aromatic rings. The summed E-state index contributed by atoms with van der Waals surface area (Å²) < 4.78 is 0. The minimum atomic E-state index is -0.927. The van der Waals surface area contributed by atoms with Crippen LogP contribution in [0.2, 0.25) is 25.7 Å². The third-order valence-corrected chi connectivity index (χ3v) is 2.76. The summed E-state index contributed by atoms with van der Waals surface area (Å²) in [6, 6.07) is 1.18. The molecule has 0 atom stereocenters. The zero-order valence-corrected chi connectivity index (χ0v) is 8.98. The van der Waals surface area contributed by atoms with Gasteiger partial charge in [0.05, 0.1) is 0 Å². The summed E-state index contributed by atoms with van der Waals surface area (Å²) in [6.45, 7) is 8.60. The highest BCUT2D eigenvalue weighted by atomic mass is 28.3. The third kappa shape index (κ3) is 9.63. The van der Waals surface area contributed by atoms with Gasteiger partial charge in [-0.25, -0.2) is 0 Å². The van der Waals surface area contributed by atoms with Gasteiger partial charge in [-0.3, -0.25) is 4.79 Å². The molecular formula is C9H18OSi. The lowest BCUT2D eigenvalue weighted by Gasteiger charge is -2.11. The van der Waals surface area contributed by atoms with E-state index in [0.29, 0.717) is 6.42 Å². The molecule has 0 bridgehead atoms. The van der Waals surface area contributed by atoms with Crippen LogP contribution in [0, 0.1) is 0 Å². The third-order valence-electron chi connectivity index (χ3n) is 1.30. The van der Waals surface area contributed by atoms with Gasteiger partial charge in [-0.05, 0) is 13.0 Å². The van der Waals surface area contributed by atoms with E-state index in [1.807, 2.05) is 6.08 Å². The Labute approximate surface area is 70.5 Å². The quantitative estimate of drug-likeness (QED) is 0.468. The Bertz CT molecular complexity index is 153. The Morgan fingerprint density at radius 3 is 2.18 bits per heavy atom. The van der Waals surface area contributed by atoms with Crippen LogP contribution in [0.4, 0.5) is 0 Å². The molecule has 0 aliphatic carbocycles. The highest BCUT2D eigenvalue weighted by Crippen LogP contribution is 2.08. The fourth-order valence-corrected chi connectivity index (χ4v) is 1.56. The highest BCUT2D eigenvalue weighted by molar-refractivity contribution is 6.76. The van der Waals surface area contributed by atoms with Gasteiger partial charge in [-0.1, -0.05) is 31.8 Å². The van der Waals surface area contributed by atoms with Crippen molar-refractivity contribution in [2.75, 3.05) is 0 Å². The fourth-order valence-electron chi connectivity index (χ4n) is 0.686. The topological polar surface area (TPSA) is 17.1 Å². The Morgan fingerprint density at radius 2 is 1.82 bits per heavy atom. The molecule has 2 heteroatoms. The van der Waals surface area contributed by atoms with E-state index >= 15 is 0 Å². The van der Waals surface area contributed by atoms with Gasteiger partial charge in [0.1, 0.15) is 5.78 Å². The van der Waals surface area contributed by atoms with Crippen molar-refractivity contribution in [1.29, 1.82) is 0 Å². The summed E-state index contributed by atoms with van der Waals surface area (Å²) in [6.07, 6.45) is 4.73. The molecule has 0 spiro atoms. The first kappa shape index (κ1) is 10.6.